The largest absolute Gasteiger partial charge is 0.492 e. The summed E-state index contributed by atoms with van der Waals surface area (Å²) in [7, 11) is 0. The van der Waals surface area contributed by atoms with E-state index in [2.05, 4.69) is 5.10 Å². The van der Waals surface area contributed by atoms with Crippen molar-refractivity contribution in [1.82, 2.24) is 14.3 Å². The molecule has 3 heterocycles. The monoisotopic (exact) mass is 252 g/mol. The maximum absolute atomic E-state index is 11.8. The third-order valence-electron chi connectivity index (χ3n) is 3.14. The second kappa shape index (κ2) is 4.13. The molecule has 2 aromatic heterocycles. The molecule has 1 unspecified atom stereocenters. The van der Waals surface area contributed by atoms with Crippen LogP contribution >= 0.6 is 0 Å². The first-order valence-corrected chi connectivity index (χ1v) is 5.85. The number of nitrogens with zero attached hydrogens (tertiary/aromatic N) is 3. The van der Waals surface area contributed by atoms with E-state index in [1.165, 1.54) is 10.7 Å². The number of rotatable bonds is 1. The van der Waals surface area contributed by atoms with Gasteiger partial charge in [-0.15, -0.1) is 0 Å². The van der Waals surface area contributed by atoms with Crippen LogP contribution in [0.25, 0.3) is 11.0 Å². The molecule has 1 aliphatic rings. The quantitative estimate of drug-likeness (QED) is 0.826. The molecule has 0 aliphatic carbocycles. The normalized spacial score (nSPS) is 23.6. The number of pyridine rings is 1. The SMILES string of the molecule is [2H]C([2H])([2H])n1c(=O)ccc2nn(C3CCCCO3)c(O)c21. The van der Waals surface area contributed by atoms with E-state index in [-0.39, 0.29) is 16.9 Å². The zero-order chi connectivity index (χ0) is 15.2. The lowest BCUT2D eigenvalue weighted by atomic mass is 10.2. The van der Waals surface area contributed by atoms with Crippen molar-refractivity contribution < 1.29 is 14.0 Å². The molecule has 0 bridgehead atoms. The molecule has 96 valence electrons. The maximum atomic E-state index is 11.8. The second-order valence-electron chi connectivity index (χ2n) is 4.33. The minimum atomic E-state index is -2.69. The van der Waals surface area contributed by atoms with Crippen molar-refractivity contribution >= 4 is 11.0 Å². The third kappa shape index (κ3) is 1.60. The Morgan fingerprint density at radius 2 is 2.44 bits per heavy atom. The predicted molar refractivity (Wildman–Crippen MR) is 65.5 cm³/mol. The molecule has 3 rings (SSSR count). The van der Waals surface area contributed by atoms with Gasteiger partial charge in [-0.3, -0.25) is 4.79 Å². The highest BCUT2D eigenvalue weighted by molar-refractivity contribution is 5.80. The summed E-state index contributed by atoms with van der Waals surface area (Å²) in [6.45, 7) is -2.12. The summed E-state index contributed by atoms with van der Waals surface area (Å²) in [4.78, 5) is 11.8. The zero-order valence-electron chi connectivity index (χ0n) is 12.7. The molecule has 2 aromatic rings. The standard InChI is InChI=1S/C12H15N3O3/c1-14-9(16)6-5-8-11(14)12(17)15(13-8)10-4-2-3-7-18-10/h5-6,10,17H,2-4,7H2,1H3/i1D3. The average Bonchev–Trinajstić information content (AvgIpc) is 2.76. The van der Waals surface area contributed by atoms with E-state index in [0.29, 0.717) is 17.6 Å². The van der Waals surface area contributed by atoms with Gasteiger partial charge in [0.2, 0.25) is 5.88 Å². The van der Waals surface area contributed by atoms with Gasteiger partial charge in [-0.25, -0.2) is 4.68 Å². The molecular weight excluding hydrogens is 234 g/mol. The van der Waals surface area contributed by atoms with Crippen LogP contribution in [-0.2, 0) is 11.7 Å². The molecule has 6 nitrogen and oxygen atoms in total. The number of aromatic nitrogens is 3. The fourth-order valence-electron chi connectivity index (χ4n) is 2.21. The highest BCUT2D eigenvalue weighted by Gasteiger charge is 2.22. The van der Waals surface area contributed by atoms with Crippen LogP contribution in [0.3, 0.4) is 0 Å². The summed E-state index contributed by atoms with van der Waals surface area (Å²) in [6.07, 6.45) is 2.12. The topological polar surface area (TPSA) is 69.3 Å². The first-order valence-electron chi connectivity index (χ1n) is 7.35. The minimum Gasteiger partial charge on any atom is -0.492 e. The molecule has 1 fully saturated rings. The van der Waals surface area contributed by atoms with Gasteiger partial charge in [-0.1, -0.05) is 0 Å². The van der Waals surface area contributed by atoms with Crippen molar-refractivity contribution in [2.45, 2.75) is 25.5 Å². The fourth-order valence-corrected chi connectivity index (χ4v) is 2.21. The Bertz CT molecular complexity index is 729. The number of hydrogen-bond donors (Lipinski definition) is 1. The summed E-state index contributed by atoms with van der Waals surface area (Å²) in [6, 6.07) is 2.53. The van der Waals surface area contributed by atoms with Crippen LogP contribution in [0.4, 0.5) is 0 Å². The van der Waals surface area contributed by atoms with Crippen molar-refractivity contribution in [2.24, 2.45) is 6.98 Å². The molecule has 1 N–H and O–H groups in total. The van der Waals surface area contributed by atoms with E-state index >= 15 is 0 Å². The molecule has 0 spiro atoms. The van der Waals surface area contributed by atoms with Crippen molar-refractivity contribution in [3.05, 3.63) is 22.5 Å². The number of aromatic hydroxyl groups is 1. The summed E-state index contributed by atoms with van der Waals surface area (Å²) in [5.74, 6) is -0.356. The Morgan fingerprint density at radius 3 is 3.17 bits per heavy atom. The van der Waals surface area contributed by atoms with Gasteiger partial charge in [0.05, 0.1) is 0 Å². The highest BCUT2D eigenvalue weighted by Crippen LogP contribution is 2.30. The minimum absolute atomic E-state index is 0.0864. The van der Waals surface area contributed by atoms with Gasteiger partial charge in [0.15, 0.2) is 6.23 Å². The molecule has 0 radical (unpaired) electrons. The first kappa shape index (κ1) is 8.31. The first-order chi connectivity index (χ1) is 9.89. The van der Waals surface area contributed by atoms with E-state index in [4.69, 9.17) is 8.85 Å². The van der Waals surface area contributed by atoms with Crippen LogP contribution in [0.15, 0.2) is 16.9 Å². The lowest BCUT2D eigenvalue weighted by Gasteiger charge is -2.22. The van der Waals surface area contributed by atoms with Crippen LogP contribution in [-0.4, -0.2) is 26.1 Å². The van der Waals surface area contributed by atoms with Gasteiger partial charge < -0.3 is 14.4 Å². The fraction of sp³-hybridized carbons (Fsp3) is 0.500. The third-order valence-corrected chi connectivity index (χ3v) is 3.14. The number of fused-ring (bicyclic) bond motifs is 1. The summed E-state index contributed by atoms with van der Waals surface area (Å²) in [5.41, 5.74) is -0.545. The van der Waals surface area contributed by atoms with E-state index < -0.39 is 18.8 Å². The van der Waals surface area contributed by atoms with Crippen molar-refractivity contribution in [2.75, 3.05) is 6.61 Å². The predicted octanol–water partition coefficient (Wildman–Crippen LogP) is 1.14. The zero-order valence-corrected chi connectivity index (χ0v) is 9.67. The smallest absolute Gasteiger partial charge is 0.251 e. The maximum Gasteiger partial charge on any atom is 0.251 e. The van der Waals surface area contributed by atoms with Gasteiger partial charge in [-0.2, -0.15) is 5.10 Å². The highest BCUT2D eigenvalue weighted by atomic mass is 16.5. The Morgan fingerprint density at radius 1 is 1.56 bits per heavy atom. The number of aryl methyl sites for hydroxylation is 1. The van der Waals surface area contributed by atoms with Crippen LogP contribution < -0.4 is 5.56 Å². The molecule has 1 aliphatic heterocycles. The van der Waals surface area contributed by atoms with Gasteiger partial charge in [-0.05, 0) is 25.3 Å². The lowest BCUT2D eigenvalue weighted by Crippen LogP contribution is -2.18. The molecule has 6 heteroatoms. The van der Waals surface area contributed by atoms with E-state index in [0.717, 1.165) is 18.9 Å². The Hall–Kier alpha value is -1.82. The van der Waals surface area contributed by atoms with Crippen LogP contribution in [0.2, 0.25) is 0 Å². The van der Waals surface area contributed by atoms with E-state index in [1.54, 1.807) is 0 Å². The van der Waals surface area contributed by atoms with Crippen molar-refractivity contribution in [3.63, 3.8) is 0 Å². The van der Waals surface area contributed by atoms with Crippen molar-refractivity contribution in [1.29, 1.82) is 0 Å². The van der Waals surface area contributed by atoms with Crippen LogP contribution in [0, 0.1) is 0 Å². The number of hydrogen-bond acceptors (Lipinski definition) is 4. The molecule has 0 aromatic carbocycles. The van der Waals surface area contributed by atoms with Gasteiger partial charge in [0, 0.05) is 23.8 Å². The summed E-state index contributed by atoms with van der Waals surface area (Å²) in [5, 5.41) is 14.5. The van der Waals surface area contributed by atoms with E-state index in [1.807, 2.05) is 0 Å². The van der Waals surface area contributed by atoms with Crippen LogP contribution in [0.1, 0.15) is 29.6 Å². The Kier molecular flexibility index (Phi) is 1.91. The number of ether oxygens (including phenoxy) is 1. The molecule has 0 saturated carbocycles. The van der Waals surface area contributed by atoms with Gasteiger partial charge in [0.1, 0.15) is 11.0 Å². The molecule has 1 atom stereocenters. The van der Waals surface area contributed by atoms with Gasteiger partial charge in [0.25, 0.3) is 5.56 Å². The van der Waals surface area contributed by atoms with Crippen LogP contribution in [0.5, 0.6) is 5.88 Å². The average molecular weight is 252 g/mol. The summed E-state index contributed by atoms with van der Waals surface area (Å²) < 4.78 is 29.8. The second-order valence-corrected chi connectivity index (χ2v) is 4.33. The van der Waals surface area contributed by atoms with Gasteiger partial charge >= 0.3 is 0 Å². The molecule has 18 heavy (non-hydrogen) atoms. The van der Waals surface area contributed by atoms with E-state index in [9.17, 15) is 9.90 Å². The summed E-state index contributed by atoms with van der Waals surface area (Å²) >= 11 is 0. The molecular formula is C12H15N3O3. The Balaban J connectivity index is 2.23. The Labute approximate surface area is 108 Å². The molecule has 1 saturated heterocycles. The van der Waals surface area contributed by atoms with Crippen molar-refractivity contribution in [3.8, 4) is 5.88 Å². The molecule has 0 amide bonds. The lowest BCUT2D eigenvalue weighted by molar-refractivity contribution is -0.0427.